The lowest BCUT2D eigenvalue weighted by atomic mass is 9.99. The zero-order chi connectivity index (χ0) is 13.8. The predicted octanol–water partition coefficient (Wildman–Crippen LogP) is 3.32. The molecule has 0 bridgehead atoms. The number of nitrogens with one attached hydrogen (secondary N) is 1. The maximum absolute atomic E-state index is 4.15. The normalized spacial score (nSPS) is 17.2. The summed E-state index contributed by atoms with van der Waals surface area (Å²) in [6.07, 6.45) is 8.84. The second-order valence-corrected chi connectivity index (χ2v) is 5.77. The van der Waals surface area contributed by atoms with Crippen LogP contribution in [-0.2, 0) is 6.54 Å². The standard InChI is InChI=1S/C16H22N4/c1-13(15-6-2-3-7-15)19-16-8-4-5-14(9-16)10-20-12-17-11-18-20/h4-5,8-9,11-13,15,19H,2-3,6-7,10H2,1H3. The fraction of sp³-hybridized carbons (Fsp3) is 0.500. The fourth-order valence-electron chi connectivity index (χ4n) is 3.10. The topological polar surface area (TPSA) is 42.7 Å². The van der Waals surface area contributed by atoms with Crippen LogP contribution in [0.1, 0.15) is 38.2 Å². The summed E-state index contributed by atoms with van der Waals surface area (Å²) >= 11 is 0. The molecule has 4 nitrogen and oxygen atoms in total. The first-order valence-electron chi connectivity index (χ1n) is 7.49. The van der Waals surface area contributed by atoms with Gasteiger partial charge < -0.3 is 5.32 Å². The molecule has 1 aromatic carbocycles. The Morgan fingerprint density at radius 3 is 2.95 bits per heavy atom. The average Bonchev–Trinajstić information content (AvgIpc) is 3.12. The molecule has 0 radical (unpaired) electrons. The van der Waals surface area contributed by atoms with Gasteiger partial charge in [-0.1, -0.05) is 25.0 Å². The highest BCUT2D eigenvalue weighted by Gasteiger charge is 2.21. The molecular formula is C16H22N4. The Hall–Kier alpha value is -1.84. The lowest BCUT2D eigenvalue weighted by molar-refractivity contribution is 0.482. The highest BCUT2D eigenvalue weighted by Crippen LogP contribution is 2.29. The molecule has 0 amide bonds. The molecule has 1 heterocycles. The van der Waals surface area contributed by atoms with E-state index >= 15 is 0 Å². The van der Waals surface area contributed by atoms with Crippen molar-refractivity contribution in [1.82, 2.24) is 14.8 Å². The fourth-order valence-corrected chi connectivity index (χ4v) is 3.10. The van der Waals surface area contributed by atoms with Gasteiger partial charge in [-0.2, -0.15) is 5.10 Å². The molecule has 4 heteroatoms. The summed E-state index contributed by atoms with van der Waals surface area (Å²) in [5.74, 6) is 0.828. The van der Waals surface area contributed by atoms with Crippen LogP contribution in [-0.4, -0.2) is 20.8 Å². The van der Waals surface area contributed by atoms with Gasteiger partial charge in [-0.15, -0.1) is 0 Å². The Morgan fingerprint density at radius 1 is 1.35 bits per heavy atom. The molecule has 1 aliphatic rings. The van der Waals surface area contributed by atoms with Gasteiger partial charge in [0, 0.05) is 11.7 Å². The SMILES string of the molecule is CC(Nc1cccc(Cn2cncn2)c1)C1CCCC1. The first kappa shape index (κ1) is 13.2. The van der Waals surface area contributed by atoms with E-state index in [4.69, 9.17) is 0 Å². The molecule has 1 atom stereocenters. The summed E-state index contributed by atoms with van der Waals surface area (Å²) < 4.78 is 1.85. The summed E-state index contributed by atoms with van der Waals surface area (Å²) in [6, 6.07) is 9.16. The molecule has 1 aliphatic carbocycles. The Balaban J connectivity index is 1.64. The molecule has 0 aliphatic heterocycles. The van der Waals surface area contributed by atoms with E-state index in [1.54, 1.807) is 12.7 Å². The Morgan fingerprint density at radius 2 is 2.20 bits per heavy atom. The first-order valence-corrected chi connectivity index (χ1v) is 7.49. The van der Waals surface area contributed by atoms with Gasteiger partial charge in [0.1, 0.15) is 12.7 Å². The third-order valence-electron chi connectivity index (χ3n) is 4.24. The lowest BCUT2D eigenvalue weighted by Gasteiger charge is -2.22. The van der Waals surface area contributed by atoms with Gasteiger partial charge in [0.15, 0.2) is 0 Å². The van der Waals surface area contributed by atoms with Crippen molar-refractivity contribution in [2.24, 2.45) is 5.92 Å². The summed E-state index contributed by atoms with van der Waals surface area (Å²) in [6.45, 7) is 3.08. The number of aromatic nitrogens is 3. The van der Waals surface area contributed by atoms with E-state index in [-0.39, 0.29) is 0 Å². The van der Waals surface area contributed by atoms with Crippen LogP contribution in [0, 0.1) is 5.92 Å². The lowest BCUT2D eigenvalue weighted by Crippen LogP contribution is -2.23. The molecule has 20 heavy (non-hydrogen) atoms. The Kier molecular flexibility index (Phi) is 4.00. The third kappa shape index (κ3) is 3.18. The molecule has 1 unspecified atom stereocenters. The van der Waals surface area contributed by atoms with E-state index < -0.39 is 0 Å². The predicted molar refractivity (Wildman–Crippen MR) is 80.6 cm³/mol. The molecular weight excluding hydrogens is 248 g/mol. The third-order valence-corrected chi connectivity index (χ3v) is 4.24. The number of hydrogen-bond acceptors (Lipinski definition) is 3. The van der Waals surface area contributed by atoms with Crippen LogP contribution < -0.4 is 5.32 Å². The molecule has 1 N–H and O–H groups in total. The second-order valence-electron chi connectivity index (χ2n) is 5.77. The zero-order valence-corrected chi connectivity index (χ0v) is 12.0. The van der Waals surface area contributed by atoms with E-state index in [1.807, 2.05) is 4.68 Å². The molecule has 0 spiro atoms. The van der Waals surface area contributed by atoms with Crippen LogP contribution >= 0.6 is 0 Å². The molecule has 1 fully saturated rings. The van der Waals surface area contributed by atoms with Gasteiger partial charge in [-0.25, -0.2) is 9.67 Å². The molecule has 106 valence electrons. The van der Waals surface area contributed by atoms with Gasteiger partial charge in [-0.05, 0) is 43.4 Å². The van der Waals surface area contributed by atoms with Crippen molar-refractivity contribution in [1.29, 1.82) is 0 Å². The van der Waals surface area contributed by atoms with Crippen LogP contribution in [0.25, 0.3) is 0 Å². The Bertz CT molecular complexity index is 529. The van der Waals surface area contributed by atoms with Gasteiger partial charge in [-0.3, -0.25) is 0 Å². The second kappa shape index (κ2) is 6.07. The summed E-state index contributed by atoms with van der Waals surface area (Å²) in [5.41, 5.74) is 2.46. The number of rotatable bonds is 5. The maximum atomic E-state index is 4.15. The quantitative estimate of drug-likeness (QED) is 0.906. The summed E-state index contributed by atoms with van der Waals surface area (Å²) in [5, 5.41) is 7.81. The number of benzene rings is 1. The number of nitrogens with zero attached hydrogens (tertiary/aromatic N) is 3. The van der Waals surface area contributed by atoms with E-state index in [0.717, 1.165) is 12.5 Å². The minimum Gasteiger partial charge on any atom is -0.382 e. The van der Waals surface area contributed by atoms with Crippen molar-refractivity contribution in [3.63, 3.8) is 0 Å². The van der Waals surface area contributed by atoms with Crippen LogP contribution in [0.5, 0.6) is 0 Å². The van der Waals surface area contributed by atoms with Gasteiger partial charge in [0.25, 0.3) is 0 Å². The minimum atomic E-state index is 0.555. The molecule has 1 aromatic heterocycles. The van der Waals surface area contributed by atoms with Crippen LogP contribution in [0.2, 0.25) is 0 Å². The van der Waals surface area contributed by atoms with E-state index in [9.17, 15) is 0 Å². The highest BCUT2D eigenvalue weighted by molar-refractivity contribution is 5.46. The maximum Gasteiger partial charge on any atom is 0.137 e. The average molecular weight is 270 g/mol. The van der Waals surface area contributed by atoms with Crippen molar-refractivity contribution in [3.8, 4) is 0 Å². The van der Waals surface area contributed by atoms with Crippen LogP contribution in [0.3, 0.4) is 0 Å². The van der Waals surface area contributed by atoms with Crippen LogP contribution in [0.4, 0.5) is 5.69 Å². The van der Waals surface area contributed by atoms with Gasteiger partial charge >= 0.3 is 0 Å². The van der Waals surface area contributed by atoms with Crippen molar-refractivity contribution in [2.45, 2.75) is 45.2 Å². The van der Waals surface area contributed by atoms with Crippen molar-refractivity contribution in [3.05, 3.63) is 42.5 Å². The summed E-state index contributed by atoms with van der Waals surface area (Å²) in [4.78, 5) is 3.98. The number of anilines is 1. The van der Waals surface area contributed by atoms with Gasteiger partial charge in [0.05, 0.1) is 6.54 Å². The summed E-state index contributed by atoms with van der Waals surface area (Å²) in [7, 11) is 0. The van der Waals surface area contributed by atoms with Crippen LogP contribution in [0.15, 0.2) is 36.9 Å². The van der Waals surface area contributed by atoms with E-state index in [0.29, 0.717) is 6.04 Å². The Labute approximate surface area is 120 Å². The molecule has 3 rings (SSSR count). The van der Waals surface area contributed by atoms with Crippen molar-refractivity contribution >= 4 is 5.69 Å². The minimum absolute atomic E-state index is 0.555. The van der Waals surface area contributed by atoms with E-state index in [2.05, 4.69) is 46.6 Å². The number of hydrogen-bond donors (Lipinski definition) is 1. The van der Waals surface area contributed by atoms with Gasteiger partial charge in [0.2, 0.25) is 0 Å². The van der Waals surface area contributed by atoms with E-state index in [1.165, 1.54) is 36.9 Å². The largest absolute Gasteiger partial charge is 0.382 e. The molecule has 0 saturated heterocycles. The smallest absolute Gasteiger partial charge is 0.137 e. The monoisotopic (exact) mass is 270 g/mol. The molecule has 2 aromatic rings. The zero-order valence-electron chi connectivity index (χ0n) is 12.0. The first-order chi connectivity index (χ1) is 9.81. The van der Waals surface area contributed by atoms with Crippen molar-refractivity contribution < 1.29 is 0 Å². The molecule has 1 saturated carbocycles. The highest BCUT2D eigenvalue weighted by atomic mass is 15.3. The van der Waals surface area contributed by atoms with Crippen molar-refractivity contribution in [2.75, 3.05) is 5.32 Å².